The smallest absolute Gasteiger partial charge is 0.256 e. The molecule has 0 saturated carbocycles. The molecule has 1 aromatic heterocycles. The average molecular weight is 418 g/mol. The summed E-state index contributed by atoms with van der Waals surface area (Å²) in [6.07, 6.45) is 0. The lowest BCUT2D eigenvalue weighted by molar-refractivity contribution is 0.0699. The van der Waals surface area contributed by atoms with Crippen molar-refractivity contribution in [1.29, 1.82) is 0 Å². The Hall–Kier alpha value is -2.35. The number of rotatable bonds is 3. The number of nitrogens with zero attached hydrogens (tertiary/aromatic N) is 2. The van der Waals surface area contributed by atoms with Gasteiger partial charge in [-0.25, -0.2) is 8.42 Å². The zero-order valence-electron chi connectivity index (χ0n) is 15.4. The lowest BCUT2D eigenvalue weighted by Crippen LogP contribution is -2.50. The van der Waals surface area contributed by atoms with Gasteiger partial charge in [-0.05, 0) is 25.1 Å². The minimum atomic E-state index is -3.68. The highest BCUT2D eigenvalue weighted by molar-refractivity contribution is 7.89. The minimum absolute atomic E-state index is 0.0789. The summed E-state index contributed by atoms with van der Waals surface area (Å²) in [4.78, 5) is 18.1. The lowest BCUT2D eigenvalue weighted by atomic mass is 10.1. The second-order valence-electron chi connectivity index (χ2n) is 6.80. The van der Waals surface area contributed by atoms with Crippen LogP contribution in [0.2, 0.25) is 5.02 Å². The van der Waals surface area contributed by atoms with Gasteiger partial charge < -0.3 is 9.88 Å². The van der Waals surface area contributed by atoms with Crippen LogP contribution in [-0.2, 0) is 10.0 Å². The molecule has 2 heterocycles. The third-order valence-corrected chi connectivity index (χ3v) is 7.49. The number of sulfonamides is 1. The number of H-pyrrole nitrogens is 1. The first-order valence-corrected chi connectivity index (χ1v) is 10.8. The number of para-hydroxylation sites is 1. The zero-order chi connectivity index (χ0) is 19.9. The monoisotopic (exact) mass is 417 g/mol. The van der Waals surface area contributed by atoms with E-state index in [-0.39, 0.29) is 28.9 Å². The molecule has 3 aromatic rings. The van der Waals surface area contributed by atoms with Crippen LogP contribution in [0.5, 0.6) is 0 Å². The molecule has 0 bridgehead atoms. The van der Waals surface area contributed by atoms with Crippen molar-refractivity contribution in [3.05, 3.63) is 64.8 Å². The fourth-order valence-electron chi connectivity index (χ4n) is 3.63. The molecule has 1 aliphatic rings. The summed E-state index contributed by atoms with van der Waals surface area (Å²) in [6, 6.07) is 14.1. The highest BCUT2D eigenvalue weighted by Gasteiger charge is 2.32. The van der Waals surface area contributed by atoms with Gasteiger partial charge in [0.05, 0.1) is 10.6 Å². The van der Waals surface area contributed by atoms with Crippen molar-refractivity contribution in [2.75, 3.05) is 26.2 Å². The molecule has 4 rings (SSSR count). The maximum atomic E-state index is 13.1. The Morgan fingerprint density at radius 3 is 2.36 bits per heavy atom. The topological polar surface area (TPSA) is 73.5 Å². The van der Waals surface area contributed by atoms with Crippen LogP contribution >= 0.6 is 11.6 Å². The van der Waals surface area contributed by atoms with Crippen LogP contribution in [0.1, 0.15) is 16.1 Å². The molecule has 0 spiro atoms. The van der Waals surface area contributed by atoms with Crippen LogP contribution < -0.4 is 0 Å². The molecule has 0 radical (unpaired) electrons. The molecule has 0 aliphatic carbocycles. The number of fused-ring (bicyclic) bond motifs is 1. The van der Waals surface area contributed by atoms with E-state index in [0.29, 0.717) is 18.7 Å². The summed E-state index contributed by atoms with van der Waals surface area (Å²) < 4.78 is 27.1. The van der Waals surface area contributed by atoms with Crippen molar-refractivity contribution in [3.63, 3.8) is 0 Å². The molecule has 0 atom stereocenters. The molecule has 1 fully saturated rings. The number of carbonyl (C=O) groups is 1. The fourth-order valence-corrected chi connectivity index (χ4v) is 5.55. The highest BCUT2D eigenvalue weighted by atomic mass is 35.5. The predicted molar refractivity (Wildman–Crippen MR) is 109 cm³/mol. The number of piperazine rings is 1. The SMILES string of the molecule is Cc1[nH]c2ccccc2c1C(=O)N1CCN(S(=O)(=O)c2ccccc2Cl)CC1. The van der Waals surface area contributed by atoms with Gasteiger partial charge in [0, 0.05) is 42.8 Å². The van der Waals surface area contributed by atoms with E-state index >= 15 is 0 Å². The molecule has 6 nitrogen and oxygen atoms in total. The summed E-state index contributed by atoms with van der Waals surface area (Å²) in [6.45, 7) is 3.02. The number of aromatic amines is 1. The van der Waals surface area contributed by atoms with E-state index in [0.717, 1.165) is 16.6 Å². The van der Waals surface area contributed by atoms with Crippen LogP contribution in [0.25, 0.3) is 10.9 Å². The number of aromatic nitrogens is 1. The van der Waals surface area contributed by atoms with Crippen molar-refractivity contribution in [1.82, 2.24) is 14.2 Å². The molecule has 1 N–H and O–H groups in total. The first-order valence-electron chi connectivity index (χ1n) is 9.01. The number of carbonyl (C=O) groups excluding carboxylic acids is 1. The summed E-state index contributed by atoms with van der Waals surface area (Å²) in [5, 5.41) is 1.09. The van der Waals surface area contributed by atoms with E-state index in [2.05, 4.69) is 4.98 Å². The van der Waals surface area contributed by atoms with Crippen molar-refractivity contribution >= 4 is 38.4 Å². The van der Waals surface area contributed by atoms with Crippen LogP contribution in [0, 0.1) is 6.92 Å². The third-order valence-electron chi connectivity index (χ3n) is 5.09. The molecule has 1 saturated heterocycles. The average Bonchev–Trinajstić information content (AvgIpc) is 3.03. The van der Waals surface area contributed by atoms with Gasteiger partial charge in [0.15, 0.2) is 0 Å². The number of hydrogen-bond acceptors (Lipinski definition) is 3. The molecule has 2 aromatic carbocycles. The second-order valence-corrected chi connectivity index (χ2v) is 9.11. The number of hydrogen-bond donors (Lipinski definition) is 1. The quantitative estimate of drug-likeness (QED) is 0.710. The van der Waals surface area contributed by atoms with E-state index in [1.54, 1.807) is 23.1 Å². The Labute approximate surface area is 168 Å². The third kappa shape index (κ3) is 3.19. The minimum Gasteiger partial charge on any atom is -0.358 e. The highest BCUT2D eigenvalue weighted by Crippen LogP contribution is 2.27. The Balaban J connectivity index is 1.53. The van der Waals surface area contributed by atoms with Crippen LogP contribution in [0.4, 0.5) is 0 Å². The number of benzene rings is 2. The van der Waals surface area contributed by atoms with Gasteiger partial charge in [-0.2, -0.15) is 4.31 Å². The van der Waals surface area contributed by atoms with Crippen LogP contribution in [-0.4, -0.2) is 54.7 Å². The molecule has 1 amide bonds. The lowest BCUT2D eigenvalue weighted by Gasteiger charge is -2.34. The Kier molecular flexibility index (Phi) is 4.91. The summed E-state index contributed by atoms with van der Waals surface area (Å²) in [7, 11) is -3.68. The van der Waals surface area contributed by atoms with Gasteiger partial charge in [-0.15, -0.1) is 0 Å². The molecular formula is C20H20ClN3O3S. The Morgan fingerprint density at radius 1 is 1.00 bits per heavy atom. The zero-order valence-corrected chi connectivity index (χ0v) is 16.9. The van der Waals surface area contributed by atoms with E-state index in [1.165, 1.54) is 10.4 Å². The van der Waals surface area contributed by atoms with Gasteiger partial charge in [-0.3, -0.25) is 4.79 Å². The van der Waals surface area contributed by atoms with Crippen molar-refractivity contribution in [2.24, 2.45) is 0 Å². The number of amides is 1. The molecule has 146 valence electrons. The molecular weight excluding hydrogens is 398 g/mol. The normalized spacial score (nSPS) is 15.9. The predicted octanol–water partition coefficient (Wildman–Crippen LogP) is 3.28. The molecule has 1 aliphatic heterocycles. The number of aryl methyl sites for hydroxylation is 1. The Morgan fingerprint density at radius 2 is 1.64 bits per heavy atom. The number of halogens is 1. The summed E-state index contributed by atoms with van der Waals surface area (Å²) in [5.74, 6) is -0.0789. The van der Waals surface area contributed by atoms with Crippen molar-refractivity contribution < 1.29 is 13.2 Å². The van der Waals surface area contributed by atoms with E-state index in [1.807, 2.05) is 31.2 Å². The second kappa shape index (κ2) is 7.24. The van der Waals surface area contributed by atoms with E-state index < -0.39 is 10.0 Å². The molecule has 28 heavy (non-hydrogen) atoms. The standard InChI is InChI=1S/C20H20ClN3O3S/c1-14-19(15-6-2-4-8-17(15)22-14)20(25)23-10-12-24(13-11-23)28(26,27)18-9-5-3-7-16(18)21/h2-9,22H,10-13H2,1H3. The maximum Gasteiger partial charge on any atom is 0.256 e. The molecule has 0 unspecified atom stereocenters. The van der Waals surface area contributed by atoms with Gasteiger partial charge in [0.2, 0.25) is 10.0 Å². The summed E-state index contributed by atoms with van der Waals surface area (Å²) >= 11 is 6.07. The van der Waals surface area contributed by atoms with Crippen molar-refractivity contribution in [3.8, 4) is 0 Å². The van der Waals surface area contributed by atoms with Crippen LogP contribution in [0.15, 0.2) is 53.4 Å². The maximum absolute atomic E-state index is 13.1. The van der Waals surface area contributed by atoms with E-state index in [4.69, 9.17) is 11.6 Å². The fraction of sp³-hybridized carbons (Fsp3) is 0.250. The van der Waals surface area contributed by atoms with Gasteiger partial charge >= 0.3 is 0 Å². The van der Waals surface area contributed by atoms with Crippen molar-refractivity contribution in [2.45, 2.75) is 11.8 Å². The number of nitrogens with one attached hydrogen (secondary N) is 1. The largest absolute Gasteiger partial charge is 0.358 e. The Bertz CT molecular complexity index is 1150. The van der Waals surface area contributed by atoms with Gasteiger partial charge in [-0.1, -0.05) is 41.9 Å². The van der Waals surface area contributed by atoms with Gasteiger partial charge in [0.25, 0.3) is 5.91 Å². The summed E-state index contributed by atoms with van der Waals surface area (Å²) in [5.41, 5.74) is 2.39. The molecule has 8 heteroatoms. The first kappa shape index (κ1) is 19.0. The first-order chi connectivity index (χ1) is 13.4. The van der Waals surface area contributed by atoms with Crippen LogP contribution in [0.3, 0.4) is 0 Å². The van der Waals surface area contributed by atoms with Gasteiger partial charge in [0.1, 0.15) is 4.90 Å². The van der Waals surface area contributed by atoms with E-state index in [9.17, 15) is 13.2 Å².